The number of hydrogen-bond acceptors (Lipinski definition) is 3. The molecule has 0 saturated carbocycles. The Morgan fingerprint density at radius 1 is 1.57 bits per heavy atom. The van der Waals surface area contributed by atoms with Gasteiger partial charge in [-0.3, -0.25) is 4.90 Å². The molecule has 0 bridgehead atoms. The second-order valence-corrected chi connectivity index (χ2v) is 3.94. The van der Waals surface area contributed by atoms with E-state index in [4.69, 9.17) is 5.73 Å². The highest BCUT2D eigenvalue weighted by Gasteiger charge is 2.19. The average molecular weight is 196 g/mol. The lowest BCUT2D eigenvalue weighted by molar-refractivity contribution is 0.195. The van der Waals surface area contributed by atoms with Crippen molar-refractivity contribution in [1.29, 1.82) is 0 Å². The Hall–Kier alpha value is -0.870. The lowest BCUT2D eigenvalue weighted by Gasteiger charge is -2.30. The molecule has 0 aliphatic heterocycles. The molecule has 2 N–H and O–H groups in total. The number of imidazole rings is 1. The van der Waals surface area contributed by atoms with Crippen molar-refractivity contribution in [2.24, 2.45) is 12.8 Å². The van der Waals surface area contributed by atoms with Gasteiger partial charge in [-0.25, -0.2) is 4.98 Å². The molecule has 0 fully saturated rings. The van der Waals surface area contributed by atoms with Crippen LogP contribution in [0.4, 0.5) is 0 Å². The predicted octanol–water partition coefficient (Wildman–Crippen LogP) is 0.760. The molecular weight excluding hydrogens is 176 g/mol. The number of hydrogen-bond donors (Lipinski definition) is 1. The molecule has 1 atom stereocenters. The van der Waals surface area contributed by atoms with Gasteiger partial charge in [0.05, 0.1) is 18.1 Å². The predicted molar refractivity (Wildman–Crippen MR) is 57.9 cm³/mol. The van der Waals surface area contributed by atoms with Crippen LogP contribution in [0.3, 0.4) is 0 Å². The van der Waals surface area contributed by atoms with Crippen LogP contribution >= 0.6 is 0 Å². The van der Waals surface area contributed by atoms with Crippen LogP contribution < -0.4 is 5.73 Å². The van der Waals surface area contributed by atoms with Gasteiger partial charge in [-0.05, 0) is 20.9 Å². The summed E-state index contributed by atoms with van der Waals surface area (Å²) in [4.78, 5) is 6.37. The number of aryl methyl sites for hydroxylation is 1. The largest absolute Gasteiger partial charge is 0.336 e. The van der Waals surface area contributed by atoms with Crippen molar-refractivity contribution >= 4 is 0 Å². The SMILES string of the molecule is CC(C)N(C)C(CN)c1cncn1C. The van der Waals surface area contributed by atoms with Gasteiger partial charge in [-0.15, -0.1) is 0 Å². The van der Waals surface area contributed by atoms with E-state index in [0.717, 1.165) is 0 Å². The minimum absolute atomic E-state index is 0.252. The lowest BCUT2D eigenvalue weighted by atomic mass is 10.1. The van der Waals surface area contributed by atoms with Crippen molar-refractivity contribution < 1.29 is 0 Å². The van der Waals surface area contributed by atoms with Crippen LogP contribution in [0.25, 0.3) is 0 Å². The highest BCUT2D eigenvalue weighted by molar-refractivity contribution is 5.05. The van der Waals surface area contributed by atoms with Gasteiger partial charge in [0.25, 0.3) is 0 Å². The molecule has 0 spiro atoms. The third kappa shape index (κ3) is 2.13. The molecule has 0 saturated heterocycles. The van der Waals surface area contributed by atoms with Gasteiger partial charge in [0.15, 0.2) is 0 Å². The third-order valence-corrected chi connectivity index (χ3v) is 2.72. The normalized spacial score (nSPS) is 13.9. The highest BCUT2D eigenvalue weighted by Crippen LogP contribution is 2.18. The standard InChI is InChI=1S/C10H20N4/c1-8(2)14(4)9(5-11)10-6-12-7-13(10)3/h6-9H,5,11H2,1-4H3. The van der Waals surface area contributed by atoms with Crippen LogP contribution in [-0.4, -0.2) is 34.1 Å². The van der Waals surface area contributed by atoms with Crippen LogP contribution in [0, 0.1) is 0 Å². The number of aromatic nitrogens is 2. The number of nitrogens with zero attached hydrogens (tertiary/aromatic N) is 3. The summed E-state index contributed by atoms with van der Waals surface area (Å²) in [5.74, 6) is 0. The van der Waals surface area contributed by atoms with Gasteiger partial charge in [-0.2, -0.15) is 0 Å². The molecule has 0 aliphatic carbocycles. The molecule has 14 heavy (non-hydrogen) atoms. The van der Waals surface area contributed by atoms with E-state index in [0.29, 0.717) is 12.6 Å². The zero-order valence-electron chi connectivity index (χ0n) is 9.44. The van der Waals surface area contributed by atoms with Crippen LogP contribution in [-0.2, 0) is 7.05 Å². The summed E-state index contributed by atoms with van der Waals surface area (Å²) in [6, 6.07) is 0.737. The Bertz CT molecular complexity index is 279. The third-order valence-electron chi connectivity index (χ3n) is 2.72. The van der Waals surface area contributed by atoms with Crippen molar-refractivity contribution in [2.75, 3.05) is 13.6 Å². The lowest BCUT2D eigenvalue weighted by Crippen LogP contribution is -2.36. The van der Waals surface area contributed by atoms with Gasteiger partial charge in [-0.1, -0.05) is 0 Å². The monoisotopic (exact) mass is 196 g/mol. The van der Waals surface area contributed by atoms with Crippen molar-refractivity contribution in [3.05, 3.63) is 18.2 Å². The van der Waals surface area contributed by atoms with Gasteiger partial charge in [0.2, 0.25) is 0 Å². The van der Waals surface area contributed by atoms with Crippen LogP contribution in [0.2, 0.25) is 0 Å². The Morgan fingerprint density at radius 2 is 2.21 bits per heavy atom. The zero-order valence-corrected chi connectivity index (χ0v) is 9.44. The summed E-state index contributed by atoms with van der Waals surface area (Å²) < 4.78 is 2.02. The zero-order chi connectivity index (χ0) is 10.7. The van der Waals surface area contributed by atoms with Crippen LogP contribution in [0.1, 0.15) is 25.6 Å². The average Bonchev–Trinajstić information content (AvgIpc) is 2.53. The first kappa shape index (κ1) is 11.2. The molecule has 0 aliphatic rings. The summed E-state index contributed by atoms with van der Waals surface area (Å²) in [7, 11) is 4.09. The van der Waals surface area contributed by atoms with Gasteiger partial charge >= 0.3 is 0 Å². The molecular formula is C10H20N4. The maximum Gasteiger partial charge on any atom is 0.0946 e. The van der Waals surface area contributed by atoms with E-state index in [1.165, 1.54) is 5.69 Å². The van der Waals surface area contributed by atoms with E-state index in [1.54, 1.807) is 0 Å². The first-order valence-electron chi connectivity index (χ1n) is 4.96. The Morgan fingerprint density at radius 3 is 2.57 bits per heavy atom. The van der Waals surface area contributed by atoms with E-state index in [9.17, 15) is 0 Å². The molecule has 0 aromatic carbocycles. The molecule has 80 valence electrons. The van der Waals surface area contributed by atoms with Crippen molar-refractivity contribution in [1.82, 2.24) is 14.5 Å². The smallest absolute Gasteiger partial charge is 0.0946 e. The van der Waals surface area contributed by atoms with Crippen LogP contribution in [0.5, 0.6) is 0 Å². The quantitative estimate of drug-likeness (QED) is 0.773. The fourth-order valence-electron chi connectivity index (χ4n) is 1.54. The van der Waals surface area contributed by atoms with E-state index in [-0.39, 0.29) is 6.04 Å². The molecule has 0 radical (unpaired) electrons. The number of rotatable bonds is 4. The van der Waals surface area contributed by atoms with E-state index in [2.05, 4.69) is 30.8 Å². The van der Waals surface area contributed by atoms with E-state index < -0.39 is 0 Å². The summed E-state index contributed by atoms with van der Waals surface area (Å²) >= 11 is 0. The summed E-state index contributed by atoms with van der Waals surface area (Å²) in [6.45, 7) is 4.95. The Kier molecular flexibility index (Phi) is 3.66. The van der Waals surface area contributed by atoms with Crippen molar-refractivity contribution in [3.63, 3.8) is 0 Å². The van der Waals surface area contributed by atoms with E-state index >= 15 is 0 Å². The minimum Gasteiger partial charge on any atom is -0.336 e. The fourth-order valence-corrected chi connectivity index (χ4v) is 1.54. The van der Waals surface area contributed by atoms with E-state index in [1.807, 2.05) is 24.1 Å². The second kappa shape index (κ2) is 4.57. The molecule has 1 aromatic rings. The molecule has 1 unspecified atom stereocenters. The molecule has 1 aromatic heterocycles. The van der Waals surface area contributed by atoms with Gasteiger partial charge in [0, 0.05) is 25.8 Å². The summed E-state index contributed by atoms with van der Waals surface area (Å²) in [5.41, 5.74) is 6.96. The highest BCUT2D eigenvalue weighted by atomic mass is 15.2. The molecule has 4 heteroatoms. The molecule has 1 rings (SSSR count). The first-order valence-corrected chi connectivity index (χ1v) is 4.96. The Balaban J connectivity index is 2.87. The number of nitrogens with two attached hydrogens (primary N) is 1. The number of likely N-dealkylation sites (N-methyl/N-ethyl adjacent to an activating group) is 1. The molecule has 1 heterocycles. The molecule has 0 amide bonds. The van der Waals surface area contributed by atoms with Crippen molar-refractivity contribution in [3.8, 4) is 0 Å². The summed E-state index contributed by atoms with van der Waals surface area (Å²) in [6.07, 6.45) is 3.70. The minimum atomic E-state index is 0.252. The Labute approximate surface area is 85.7 Å². The maximum absolute atomic E-state index is 5.79. The van der Waals surface area contributed by atoms with Crippen molar-refractivity contribution in [2.45, 2.75) is 25.9 Å². The van der Waals surface area contributed by atoms with Gasteiger partial charge < -0.3 is 10.3 Å². The van der Waals surface area contributed by atoms with Crippen LogP contribution in [0.15, 0.2) is 12.5 Å². The van der Waals surface area contributed by atoms with Gasteiger partial charge in [0.1, 0.15) is 0 Å². The topological polar surface area (TPSA) is 47.1 Å². The summed E-state index contributed by atoms with van der Waals surface area (Å²) in [5, 5.41) is 0. The first-order chi connectivity index (χ1) is 6.57. The second-order valence-electron chi connectivity index (χ2n) is 3.94. The molecule has 4 nitrogen and oxygen atoms in total. The fraction of sp³-hybridized carbons (Fsp3) is 0.700. The maximum atomic E-state index is 5.79.